The minimum absolute atomic E-state index is 0.197. The number of allylic oxidation sites excluding steroid dienone is 3. The summed E-state index contributed by atoms with van der Waals surface area (Å²) >= 11 is 0. The maximum absolute atomic E-state index is 12.8. The van der Waals surface area contributed by atoms with Crippen molar-refractivity contribution >= 4 is 17.9 Å². The first kappa shape index (κ1) is 27.6. The Morgan fingerprint density at radius 3 is 2.09 bits per heavy atom. The average Bonchev–Trinajstić information content (AvgIpc) is 3.46. The topological polar surface area (TPSA) is 91.4 Å². The summed E-state index contributed by atoms with van der Waals surface area (Å²) in [6, 6.07) is 0. The Morgan fingerprint density at radius 1 is 1.03 bits per heavy atom. The lowest BCUT2D eigenvalue weighted by Gasteiger charge is -2.40. The fourth-order valence-corrected chi connectivity index (χ4v) is 4.11. The van der Waals surface area contributed by atoms with Gasteiger partial charge in [-0.1, -0.05) is 30.4 Å². The summed E-state index contributed by atoms with van der Waals surface area (Å²) in [5.41, 5.74) is 1.78. The van der Waals surface area contributed by atoms with E-state index < -0.39 is 47.7 Å². The van der Waals surface area contributed by atoms with Gasteiger partial charge in [0.25, 0.3) is 0 Å². The van der Waals surface area contributed by atoms with Crippen LogP contribution in [0.25, 0.3) is 0 Å². The summed E-state index contributed by atoms with van der Waals surface area (Å²) in [6.45, 7) is 18.2. The largest absolute Gasteiger partial charge is 0.458 e. The molecule has 0 bridgehead atoms. The molecule has 0 aromatic carbocycles. The molecule has 0 aromatic rings. The highest BCUT2D eigenvalue weighted by Gasteiger charge is 2.68. The number of rotatable bonds is 9. The van der Waals surface area contributed by atoms with Crippen molar-refractivity contribution in [1.82, 2.24) is 0 Å². The van der Waals surface area contributed by atoms with Gasteiger partial charge in [0, 0.05) is 30.4 Å². The van der Waals surface area contributed by atoms with E-state index in [2.05, 4.69) is 6.58 Å². The van der Waals surface area contributed by atoms with Crippen LogP contribution in [0, 0.1) is 5.92 Å². The molecule has 34 heavy (non-hydrogen) atoms. The number of fused-ring (bicyclic) bond motifs is 1. The van der Waals surface area contributed by atoms with Crippen LogP contribution in [0.1, 0.15) is 68.2 Å². The molecule has 0 unspecified atom stereocenters. The van der Waals surface area contributed by atoms with Crippen LogP contribution in [0.5, 0.6) is 0 Å². The lowest BCUT2D eigenvalue weighted by molar-refractivity contribution is -0.174. The number of ether oxygens (including phenoxy) is 4. The normalized spacial score (nSPS) is 29.3. The molecular formula is C27H38O7. The van der Waals surface area contributed by atoms with Gasteiger partial charge < -0.3 is 18.9 Å². The van der Waals surface area contributed by atoms with Crippen molar-refractivity contribution in [1.29, 1.82) is 0 Å². The molecule has 7 nitrogen and oxygen atoms in total. The zero-order chi connectivity index (χ0) is 25.8. The van der Waals surface area contributed by atoms with E-state index in [1.165, 1.54) is 6.92 Å². The highest BCUT2D eigenvalue weighted by molar-refractivity contribution is 5.88. The van der Waals surface area contributed by atoms with Crippen molar-refractivity contribution in [2.45, 2.75) is 98.2 Å². The number of epoxide rings is 1. The molecule has 2 fully saturated rings. The summed E-state index contributed by atoms with van der Waals surface area (Å²) in [5, 5.41) is 0. The summed E-state index contributed by atoms with van der Waals surface area (Å²) in [7, 11) is 0. The van der Waals surface area contributed by atoms with Gasteiger partial charge in [0.15, 0.2) is 6.10 Å². The lowest BCUT2D eigenvalue weighted by atomic mass is 9.73. The van der Waals surface area contributed by atoms with Crippen LogP contribution >= 0.6 is 0 Å². The van der Waals surface area contributed by atoms with E-state index in [0.717, 1.165) is 5.57 Å². The second kappa shape index (κ2) is 11.2. The molecular weight excluding hydrogens is 436 g/mol. The zero-order valence-corrected chi connectivity index (χ0v) is 21.6. The standard InChI is InChI=1S/C27H38O7/c1-10-16(5)25(29)32-23-20(18(7)21(31-19(8)28)13-12-15(3)4)14-22-27(9,34-22)24(23)33-26(30)17(6)11-2/h10-12,20-24H,7,13-14H2,1-6,8-9H3/b16-10-,17-11-/t20-,21-,22-,23+,24+,27-/m0/s1. The first-order valence-electron chi connectivity index (χ1n) is 11.7. The van der Waals surface area contributed by atoms with Gasteiger partial charge >= 0.3 is 17.9 Å². The Labute approximate surface area is 202 Å². The number of hydrogen-bond donors (Lipinski definition) is 0. The smallest absolute Gasteiger partial charge is 0.333 e. The summed E-state index contributed by atoms with van der Waals surface area (Å²) < 4.78 is 23.4. The molecule has 0 N–H and O–H groups in total. The minimum Gasteiger partial charge on any atom is -0.458 e. The van der Waals surface area contributed by atoms with Crippen LogP contribution in [0.15, 0.2) is 47.1 Å². The van der Waals surface area contributed by atoms with Gasteiger partial charge in [-0.3, -0.25) is 4.79 Å². The minimum atomic E-state index is -0.850. The summed E-state index contributed by atoms with van der Waals surface area (Å²) in [5.74, 6) is -1.88. The average molecular weight is 475 g/mol. The number of carbonyl (C=O) groups is 3. The van der Waals surface area contributed by atoms with Crippen molar-refractivity contribution in [2.75, 3.05) is 0 Å². The fourth-order valence-electron chi connectivity index (χ4n) is 4.11. The Kier molecular flexibility index (Phi) is 9.06. The molecule has 0 radical (unpaired) electrons. The highest BCUT2D eigenvalue weighted by atomic mass is 16.7. The monoisotopic (exact) mass is 474 g/mol. The molecule has 1 heterocycles. The van der Waals surface area contributed by atoms with Crippen molar-refractivity contribution in [3.05, 3.63) is 47.1 Å². The molecule has 0 amide bonds. The first-order chi connectivity index (χ1) is 15.8. The second-order valence-corrected chi connectivity index (χ2v) is 9.46. The third-order valence-electron chi connectivity index (χ3n) is 6.63. The predicted octanol–water partition coefficient (Wildman–Crippen LogP) is 4.76. The quantitative estimate of drug-likeness (QED) is 0.156. The van der Waals surface area contributed by atoms with Crippen LogP contribution < -0.4 is 0 Å². The van der Waals surface area contributed by atoms with E-state index in [1.54, 1.807) is 39.8 Å². The van der Waals surface area contributed by atoms with Crippen molar-refractivity contribution in [3.8, 4) is 0 Å². The van der Waals surface area contributed by atoms with Gasteiger partial charge in [-0.05, 0) is 60.5 Å². The van der Waals surface area contributed by atoms with Gasteiger partial charge in [0.1, 0.15) is 17.8 Å². The van der Waals surface area contributed by atoms with Gasteiger partial charge in [-0.15, -0.1) is 0 Å². The van der Waals surface area contributed by atoms with Gasteiger partial charge in [-0.2, -0.15) is 0 Å². The van der Waals surface area contributed by atoms with E-state index in [4.69, 9.17) is 18.9 Å². The van der Waals surface area contributed by atoms with E-state index in [-0.39, 0.29) is 6.10 Å². The molecule has 2 rings (SSSR count). The Morgan fingerprint density at radius 2 is 1.59 bits per heavy atom. The maximum atomic E-state index is 12.8. The Hall–Kier alpha value is -2.67. The fraction of sp³-hybridized carbons (Fsp3) is 0.593. The molecule has 0 spiro atoms. The van der Waals surface area contributed by atoms with Crippen LogP contribution in [0.2, 0.25) is 0 Å². The van der Waals surface area contributed by atoms with Crippen LogP contribution in [0.3, 0.4) is 0 Å². The molecule has 1 saturated heterocycles. The lowest BCUT2D eigenvalue weighted by Crippen LogP contribution is -2.54. The van der Waals surface area contributed by atoms with Crippen molar-refractivity contribution in [3.63, 3.8) is 0 Å². The van der Waals surface area contributed by atoms with Gasteiger partial charge in [0.05, 0.1) is 6.10 Å². The molecule has 1 saturated carbocycles. The second-order valence-electron chi connectivity index (χ2n) is 9.46. The molecule has 6 atom stereocenters. The Bertz CT molecular complexity index is 921. The highest BCUT2D eigenvalue weighted by Crippen LogP contribution is 2.53. The Balaban J connectivity index is 2.47. The maximum Gasteiger partial charge on any atom is 0.333 e. The van der Waals surface area contributed by atoms with E-state index in [0.29, 0.717) is 29.6 Å². The number of carbonyl (C=O) groups excluding carboxylic acids is 3. The van der Waals surface area contributed by atoms with E-state index in [1.807, 2.05) is 26.8 Å². The SMILES string of the molecule is C=C([C@H](CC=C(C)C)OC(C)=O)[C@@H]1C[C@@H]2O[C@]2(C)[C@H](OC(=O)/C(C)=C\C)[C@@H]1OC(=O)/C(C)=C\C. The zero-order valence-electron chi connectivity index (χ0n) is 21.6. The van der Waals surface area contributed by atoms with E-state index >= 15 is 0 Å². The predicted molar refractivity (Wildman–Crippen MR) is 129 cm³/mol. The summed E-state index contributed by atoms with van der Waals surface area (Å²) in [6.07, 6.45) is 3.74. The van der Waals surface area contributed by atoms with Gasteiger partial charge in [-0.25, -0.2) is 9.59 Å². The van der Waals surface area contributed by atoms with Crippen LogP contribution in [-0.4, -0.2) is 47.9 Å². The van der Waals surface area contributed by atoms with Crippen LogP contribution in [-0.2, 0) is 33.3 Å². The van der Waals surface area contributed by atoms with Crippen molar-refractivity contribution in [2.24, 2.45) is 5.92 Å². The third kappa shape index (κ3) is 6.26. The molecule has 7 heteroatoms. The molecule has 1 aliphatic heterocycles. The molecule has 188 valence electrons. The van der Waals surface area contributed by atoms with Crippen molar-refractivity contribution < 1.29 is 33.3 Å². The van der Waals surface area contributed by atoms with Gasteiger partial charge in [0.2, 0.25) is 0 Å². The first-order valence-corrected chi connectivity index (χ1v) is 11.7. The molecule has 0 aromatic heterocycles. The molecule has 2 aliphatic rings. The number of hydrogen-bond acceptors (Lipinski definition) is 7. The third-order valence-corrected chi connectivity index (χ3v) is 6.63. The summed E-state index contributed by atoms with van der Waals surface area (Å²) in [4.78, 5) is 37.4. The number of esters is 3. The van der Waals surface area contributed by atoms with E-state index in [9.17, 15) is 14.4 Å². The van der Waals surface area contributed by atoms with Crippen LogP contribution in [0.4, 0.5) is 0 Å². The molecule has 1 aliphatic carbocycles.